The lowest BCUT2D eigenvalue weighted by atomic mass is 10.2. The fourth-order valence-electron chi connectivity index (χ4n) is 3.94. The van der Waals surface area contributed by atoms with Gasteiger partial charge in [0.2, 0.25) is 5.91 Å². The average Bonchev–Trinajstić information content (AvgIpc) is 3.38. The van der Waals surface area contributed by atoms with Gasteiger partial charge in [0, 0.05) is 24.3 Å². The largest absolute Gasteiger partial charge is 0.378 e. The number of anilines is 1. The highest BCUT2D eigenvalue weighted by molar-refractivity contribution is 7.99. The quantitative estimate of drug-likeness (QED) is 0.315. The summed E-state index contributed by atoms with van der Waals surface area (Å²) in [6, 6.07) is 22.6. The first-order valence-corrected chi connectivity index (χ1v) is 14.6. The minimum absolute atomic E-state index is 0.00111. The highest BCUT2D eigenvalue weighted by atomic mass is 35.5. The van der Waals surface area contributed by atoms with E-state index in [1.165, 1.54) is 23.9 Å². The summed E-state index contributed by atoms with van der Waals surface area (Å²) in [5.74, 6) is 0.648. The van der Waals surface area contributed by atoms with Crippen molar-refractivity contribution >= 4 is 45.0 Å². The second kappa shape index (κ2) is 11.6. The van der Waals surface area contributed by atoms with E-state index in [1.807, 2.05) is 34.9 Å². The summed E-state index contributed by atoms with van der Waals surface area (Å²) >= 11 is 7.44. The van der Waals surface area contributed by atoms with Crippen molar-refractivity contribution in [3.05, 3.63) is 83.9 Å². The number of para-hydroxylation sites is 2. The molecule has 5 rings (SSSR count). The number of thioether (sulfide) groups is 1. The molecule has 4 aromatic rings. The number of halogens is 1. The number of nitrogens with zero attached hydrogens (tertiary/aromatic N) is 4. The van der Waals surface area contributed by atoms with Crippen LogP contribution in [0.4, 0.5) is 5.69 Å². The van der Waals surface area contributed by atoms with Crippen LogP contribution < -0.4 is 4.72 Å². The predicted molar refractivity (Wildman–Crippen MR) is 147 cm³/mol. The Balaban J connectivity index is 1.46. The highest BCUT2D eigenvalue weighted by Crippen LogP contribution is 2.30. The lowest BCUT2D eigenvalue weighted by Gasteiger charge is -2.26. The average molecular weight is 570 g/mol. The first kappa shape index (κ1) is 26.2. The minimum atomic E-state index is -3.93. The zero-order valence-electron chi connectivity index (χ0n) is 20.2. The molecule has 2 heterocycles. The molecule has 0 radical (unpaired) electrons. The molecule has 1 aromatic heterocycles. The number of benzene rings is 3. The van der Waals surface area contributed by atoms with Crippen LogP contribution in [0.1, 0.15) is 0 Å². The molecule has 0 aliphatic carbocycles. The molecule has 0 spiro atoms. The first-order valence-electron chi connectivity index (χ1n) is 11.8. The molecule has 1 N–H and O–H groups in total. The van der Waals surface area contributed by atoms with Gasteiger partial charge >= 0.3 is 0 Å². The number of amides is 1. The zero-order valence-corrected chi connectivity index (χ0v) is 22.5. The highest BCUT2D eigenvalue weighted by Gasteiger charge is 2.22. The Morgan fingerprint density at radius 1 is 0.974 bits per heavy atom. The van der Waals surface area contributed by atoms with E-state index in [0.29, 0.717) is 47.9 Å². The van der Waals surface area contributed by atoms with Gasteiger partial charge in [0.1, 0.15) is 0 Å². The van der Waals surface area contributed by atoms with Crippen molar-refractivity contribution in [2.45, 2.75) is 10.1 Å². The van der Waals surface area contributed by atoms with Gasteiger partial charge in [-0.1, -0.05) is 65.8 Å². The Hall–Kier alpha value is -3.38. The number of ether oxygens (including phenoxy) is 1. The fraction of sp³-hybridized carbons (Fsp3) is 0.192. The van der Waals surface area contributed by atoms with Crippen molar-refractivity contribution in [3.63, 3.8) is 0 Å². The van der Waals surface area contributed by atoms with E-state index in [4.69, 9.17) is 16.3 Å². The van der Waals surface area contributed by atoms with Crippen molar-refractivity contribution in [2.24, 2.45) is 0 Å². The van der Waals surface area contributed by atoms with E-state index < -0.39 is 10.0 Å². The van der Waals surface area contributed by atoms with Crippen LogP contribution in [-0.4, -0.2) is 66.0 Å². The summed E-state index contributed by atoms with van der Waals surface area (Å²) in [7, 11) is -3.93. The molecule has 1 saturated heterocycles. The summed E-state index contributed by atoms with van der Waals surface area (Å²) in [6.07, 6.45) is 0. The van der Waals surface area contributed by atoms with E-state index >= 15 is 0 Å². The lowest BCUT2D eigenvalue weighted by molar-refractivity contribution is -0.132. The van der Waals surface area contributed by atoms with E-state index in [-0.39, 0.29) is 22.2 Å². The molecule has 1 amide bonds. The van der Waals surface area contributed by atoms with E-state index in [0.717, 1.165) is 5.69 Å². The molecular formula is C26H24ClN5O4S2. The van der Waals surface area contributed by atoms with Gasteiger partial charge in [0.25, 0.3) is 10.0 Å². The molecule has 196 valence electrons. The Morgan fingerprint density at radius 2 is 1.71 bits per heavy atom. The van der Waals surface area contributed by atoms with Crippen LogP contribution >= 0.6 is 23.4 Å². The van der Waals surface area contributed by atoms with Gasteiger partial charge in [-0.2, -0.15) is 0 Å². The number of rotatable bonds is 8. The third-order valence-corrected chi connectivity index (χ3v) is 8.46. The smallest absolute Gasteiger partial charge is 0.261 e. The van der Waals surface area contributed by atoms with Gasteiger partial charge in [0.05, 0.1) is 34.6 Å². The number of hydrogen-bond acceptors (Lipinski definition) is 7. The SMILES string of the molecule is O=C(CSc1nnc(-c2cccc(S(=O)(=O)Nc3ccccc3Cl)c2)n1-c1ccccc1)N1CCOCC1. The summed E-state index contributed by atoms with van der Waals surface area (Å²) < 4.78 is 36.0. The first-order chi connectivity index (χ1) is 18.4. The summed E-state index contributed by atoms with van der Waals surface area (Å²) in [4.78, 5) is 14.6. The number of carbonyl (C=O) groups excluding carboxylic acids is 1. The van der Waals surface area contributed by atoms with Gasteiger partial charge in [-0.15, -0.1) is 10.2 Å². The number of nitrogens with one attached hydrogen (secondary N) is 1. The van der Waals surface area contributed by atoms with Crippen LogP contribution in [0.15, 0.2) is 88.9 Å². The van der Waals surface area contributed by atoms with Crippen molar-refractivity contribution in [1.29, 1.82) is 0 Å². The molecule has 1 aliphatic rings. The normalized spacial score (nSPS) is 13.9. The second-order valence-corrected chi connectivity index (χ2v) is 11.4. The molecule has 9 nitrogen and oxygen atoms in total. The molecule has 0 bridgehead atoms. The van der Waals surface area contributed by atoms with Crippen molar-refractivity contribution < 1.29 is 17.9 Å². The molecular weight excluding hydrogens is 546 g/mol. The Bertz CT molecular complexity index is 1540. The number of morpholine rings is 1. The van der Waals surface area contributed by atoms with E-state index in [2.05, 4.69) is 14.9 Å². The topological polar surface area (TPSA) is 106 Å². The maximum absolute atomic E-state index is 13.2. The number of hydrogen-bond donors (Lipinski definition) is 1. The van der Waals surface area contributed by atoms with Gasteiger partial charge < -0.3 is 9.64 Å². The van der Waals surface area contributed by atoms with Crippen LogP contribution in [0.2, 0.25) is 5.02 Å². The van der Waals surface area contributed by atoms with Crippen molar-refractivity contribution in [2.75, 3.05) is 36.8 Å². The molecule has 1 fully saturated rings. The van der Waals surface area contributed by atoms with Crippen molar-refractivity contribution in [1.82, 2.24) is 19.7 Å². The standard InChI is InChI=1S/C26H24ClN5O4S2/c27-22-11-4-5-12-23(22)30-38(34,35)21-10-6-7-19(17-21)25-28-29-26(32(25)20-8-2-1-3-9-20)37-18-24(33)31-13-15-36-16-14-31/h1-12,17,30H,13-16,18H2. The van der Waals surface area contributed by atoms with Crippen molar-refractivity contribution in [3.8, 4) is 17.1 Å². The Kier molecular flexibility index (Phi) is 7.98. The summed E-state index contributed by atoms with van der Waals surface area (Å²) in [5.41, 5.74) is 1.63. The van der Waals surface area contributed by atoms with E-state index in [9.17, 15) is 13.2 Å². The van der Waals surface area contributed by atoms with Crippen LogP contribution in [0, 0.1) is 0 Å². The van der Waals surface area contributed by atoms with Crippen LogP contribution in [0.3, 0.4) is 0 Å². The summed E-state index contributed by atoms with van der Waals surface area (Å²) in [6.45, 7) is 2.20. The number of sulfonamides is 1. The molecule has 12 heteroatoms. The molecule has 1 aliphatic heterocycles. The van der Waals surface area contributed by atoms with Gasteiger partial charge in [-0.25, -0.2) is 8.42 Å². The fourth-order valence-corrected chi connectivity index (χ4v) is 6.16. The third kappa shape index (κ3) is 5.86. The van der Waals surface area contributed by atoms with Gasteiger partial charge in [-0.3, -0.25) is 14.1 Å². The van der Waals surface area contributed by atoms with Crippen LogP contribution in [0.5, 0.6) is 0 Å². The maximum Gasteiger partial charge on any atom is 0.261 e. The number of carbonyl (C=O) groups is 1. The van der Waals surface area contributed by atoms with Crippen LogP contribution in [-0.2, 0) is 19.6 Å². The summed E-state index contributed by atoms with van der Waals surface area (Å²) in [5, 5.41) is 9.56. The Morgan fingerprint density at radius 3 is 2.47 bits per heavy atom. The molecule has 0 unspecified atom stereocenters. The molecule has 0 atom stereocenters. The van der Waals surface area contributed by atoms with Gasteiger partial charge in [-0.05, 0) is 36.4 Å². The second-order valence-electron chi connectivity index (χ2n) is 8.37. The predicted octanol–water partition coefficient (Wildman–Crippen LogP) is 4.34. The third-order valence-electron chi connectivity index (χ3n) is 5.86. The molecule has 0 saturated carbocycles. The lowest BCUT2D eigenvalue weighted by Crippen LogP contribution is -2.41. The Labute approximate surface area is 229 Å². The monoisotopic (exact) mass is 569 g/mol. The van der Waals surface area contributed by atoms with Gasteiger partial charge in [0.15, 0.2) is 11.0 Å². The maximum atomic E-state index is 13.2. The van der Waals surface area contributed by atoms with E-state index in [1.54, 1.807) is 41.3 Å². The number of aromatic nitrogens is 3. The van der Waals surface area contributed by atoms with Crippen LogP contribution in [0.25, 0.3) is 17.1 Å². The molecule has 38 heavy (non-hydrogen) atoms. The zero-order chi connectivity index (χ0) is 26.5. The molecule has 3 aromatic carbocycles. The minimum Gasteiger partial charge on any atom is -0.378 e.